The minimum absolute atomic E-state index is 0.0119. The molecule has 0 spiro atoms. The van der Waals surface area contributed by atoms with Gasteiger partial charge in [-0.15, -0.1) is 0 Å². The number of ether oxygens (including phenoxy) is 2. The number of hydrogen-bond donors (Lipinski definition) is 0. The Morgan fingerprint density at radius 2 is 1.83 bits per heavy atom. The number of esters is 1. The first-order chi connectivity index (χ1) is 11.0. The van der Waals surface area contributed by atoms with Crippen molar-refractivity contribution in [3.63, 3.8) is 0 Å². The van der Waals surface area contributed by atoms with Crippen molar-refractivity contribution >= 4 is 5.97 Å². The van der Waals surface area contributed by atoms with E-state index >= 15 is 0 Å². The Kier molecular flexibility index (Phi) is 5.68. The molecule has 23 heavy (non-hydrogen) atoms. The highest BCUT2D eigenvalue weighted by atomic mass is 19.1. The Morgan fingerprint density at radius 3 is 2.52 bits per heavy atom. The molecule has 2 aromatic carbocycles. The van der Waals surface area contributed by atoms with Crippen LogP contribution in [0.1, 0.15) is 30.6 Å². The number of carbonyl (C=O) groups is 1. The van der Waals surface area contributed by atoms with Gasteiger partial charge < -0.3 is 9.47 Å². The minimum atomic E-state index is -0.863. The van der Waals surface area contributed by atoms with Gasteiger partial charge in [0.25, 0.3) is 0 Å². The highest BCUT2D eigenvalue weighted by Gasteiger charge is 2.16. The van der Waals surface area contributed by atoms with Gasteiger partial charge in [-0.2, -0.15) is 0 Å². The van der Waals surface area contributed by atoms with Gasteiger partial charge in [0.2, 0.25) is 0 Å². The second-order valence-electron chi connectivity index (χ2n) is 5.21. The molecule has 0 aliphatic carbocycles. The van der Waals surface area contributed by atoms with Crippen LogP contribution < -0.4 is 4.74 Å². The standard InChI is InChI=1S/C18H18F2O3/c1-12-3-6-15(7-4-12)22-10-9-18(21)23-13(2)16-11-14(19)5-8-17(16)20/h3-8,11,13H,9-10H2,1-2H3. The lowest BCUT2D eigenvalue weighted by atomic mass is 10.1. The molecule has 3 nitrogen and oxygen atoms in total. The zero-order valence-corrected chi connectivity index (χ0v) is 13.0. The minimum Gasteiger partial charge on any atom is -0.493 e. The summed E-state index contributed by atoms with van der Waals surface area (Å²) >= 11 is 0. The topological polar surface area (TPSA) is 35.5 Å². The summed E-state index contributed by atoms with van der Waals surface area (Å²) < 4.78 is 37.3. The first-order valence-electron chi connectivity index (χ1n) is 7.29. The lowest BCUT2D eigenvalue weighted by Gasteiger charge is -2.14. The molecule has 0 heterocycles. The van der Waals surface area contributed by atoms with E-state index < -0.39 is 23.7 Å². The molecule has 0 fully saturated rings. The zero-order chi connectivity index (χ0) is 16.8. The number of hydrogen-bond acceptors (Lipinski definition) is 3. The Bertz CT molecular complexity index is 668. The van der Waals surface area contributed by atoms with Crippen LogP contribution in [0.15, 0.2) is 42.5 Å². The van der Waals surface area contributed by atoms with Gasteiger partial charge in [-0.05, 0) is 44.2 Å². The Labute approximate surface area is 133 Å². The van der Waals surface area contributed by atoms with Crippen LogP contribution >= 0.6 is 0 Å². The molecule has 0 saturated heterocycles. The maximum Gasteiger partial charge on any atom is 0.309 e. The van der Waals surface area contributed by atoms with Crippen LogP contribution in [0.2, 0.25) is 0 Å². The van der Waals surface area contributed by atoms with Crippen molar-refractivity contribution in [3.8, 4) is 5.75 Å². The van der Waals surface area contributed by atoms with Crippen molar-refractivity contribution in [1.29, 1.82) is 0 Å². The highest BCUT2D eigenvalue weighted by Crippen LogP contribution is 2.21. The van der Waals surface area contributed by atoms with Gasteiger partial charge >= 0.3 is 5.97 Å². The lowest BCUT2D eigenvalue weighted by molar-refractivity contribution is -0.149. The van der Waals surface area contributed by atoms with Crippen LogP contribution in [0.5, 0.6) is 5.75 Å². The van der Waals surface area contributed by atoms with Crippen LogP contribution in [0.3, 0.4) is 0 Å². The SMILES string of the molecule is Cc1ccc(OCCC(=O)OC(C)c2cc(F)ccc2F)cc1. The van der Waals surface area contributed by atoms with Gasteiger partial charge in [-0.3, -0.25) is 4.79 Å². The number of aryl methyl sites for hydroxylation is 1. The molecule has 1 atom stereocenters. The summed E-state index contributed by atoms with van der Waals surface area (Å²) in [6.45, 7) is 3.62. The van der Waals surface area contributed by atoms with Crippen molar-refractivity contribution < 1.29 is 23.0 Å². The fraction of sp³-hybridized carbons (Fsp3) is 0.278. The van der Waals surface area contributed by atoms with Crippen LogP contribution in [0.4, 0.5) is 8.78 Å². The molecule has 1 unspecified atom stereocenters. The number of carbonyl (C=O) groups excluding carboxylic acids is 1. The lowest BCUT2D eigenvalue weighted by Crippen LogP contribution is -2.13. The molecule has 0 aliphatic heterocycles. The molecule has 0 bridgehead atoms. The molecule has 0 saturated carbocycles. The van der Waals surface area contributed by atoms with Gasteiger partial charge in [0.1, 0.15) is 23.5 Å². The Hall–Kier alpha value is -2.43. The van der Waals surface area contributed by atoms with E-state index in [1.165, 1.54) is 6.92 Å². The summed E-state index contributed by atoms with van der Waals surface area (Å²) in [5, 5.41) is 0. The van der Waals surface area contributed by atoms with E-state index in [4.69, 9.17) is 9.47 Å². The number of benzene rings is 2. The largest absolute Gasteiger partial charge is 0.493 e. The Morgan fingerprint density at radius 1 is 1.13 bits per heavy atom. The van der Waals surface area contributed by atoms with Gasteiger partial charge in [-0.1, -0.05) is 17.7 Å². The molecular formula is C18H18F2O3. The average Bonchev–Trinajstić information content (AvgIpc) is 2.51. The summed E-state index contributed by atoms with van der Waals surface area (Å²) in [6.07, 6.45) is -0.840. The first kappa shape index (κ1) is 16.9. The molecule has 0 aliphatic rings. The quantitative estimate of drug-likeness (QED) is 0.743. The number of halogens is 2. The van der Waals surface area contributed by atoms with Crippen LogP contribution in [-0.4, -0.2) is 12.6 Å². The summed E-state index contributed by atoms with van der Waals surface area (Å²) in [5.74, 6) is -1.06. The van der Waals surface area contributed by atoms with Crippen molar-refractivity contribution in [3.05, 3.63) is 65.2 Å². The van der Waals surface area contributed by atoms with Gasteiger partial charge in [0.05, 0.1) is 13.0 Å². The summed E-state index contributed by atoms with van der Waals surface area (Å²) in [6, 6.07) is 10.5. The Balaban J connectivity index is 1.82. The second kappa shape index (κ2) is 7.72. The molecule has 0 radical (unpaired) electrons. The van der Waals surface area contributed by atoms with Gasteiger partial charge in [0, 0.05) is 5.56 Å². The average molecular weight is 320 g/mol. The van der Waals surface area contributed by atoms with E-state index in [0.29, 0.717) is 5.75 Å². The maximum atomic E-state index is 13.6. The second-order valence-corrected chi connectivity index (χ2v) is 5.21. The zero-order valence-electron chi connectivity index (χ0n) is 13.0. The summed E-state index contributed by atoms with van der Waals surface area (Å²) in [4.78, 5) is 11.7. The van der Waals surface area contributed by atoms with Crippen LogP contribution in [0.25, 0.3) is 0 Å². The third-order valence-electron chi connectivity index (χ3n) is 3.30. The predicted octanol–water partition coefficient (Wildman–Crippen LogP) is 4.35. The predicted molar refractivity (Wildman–Crippen MR) is 82.2 cm³/mol. The first-order valence-corrected chi connectivity index (χ1v) is 7.29. The van der Waals surface area contributed by atoms with Crippen LogP contribution in [0, 0.1) is 18.6 Å². The van der Waals surface area contributed by atoms with E-state index in [-0.39, 0.29) is 18.6 Å². The van der Waals surface area contributed by atoms with E-state index in [9.17, 15) is 13.6 Å². The monoisotopic (exact) mass is 320 g/mol. The molecule has 2 aromatic rings. The van der Waals surface area contributed by atoms with Gasteiger partial charge in [0.15, 0.2) is 0 Å². The molecule has 2 rings (SSSR count). The molecule has 5 heteroatoms. The van der Waals surface area contributed by atoms with Gasteiger partial charge in [-0.25, -0.2) is 8.78 Å². The summed E-state index contributed by atoms with van der Waals surface area (Å²) in [5.41, 5.74) is 1.13. The third-order valence-corrected chi connectivity index (χ3v) is 3.30. The third kappa shape index (κ3) is 5.06. The molecular weight excluding hydrogens is 302 g/mol. The van der Waals surface area contributed by atoms with Crippen molar-refractivity contribution in [2.45, 2.75) is 26.4 Å². The highest BCUT2D eigenvalue weighted by molar-refractivity contribution is 5.69. The smallest absolute Gasteiger partial charge is 0.309 e. The molecule has 0 amide bonds. The van der Waals surface area contributed by atoms with E-state index in [0.717, 1.165) is 23.8 Å². The van der Waals surface area contributed by atoms with Crippen molar-refractivity contribution in [2.24, 2.45) is 0 Å². The molecule has 122 valence electrons. The summed E-state index contributed by atoms with van der Waals surface area (Å²) in [7, 11) is 0. The van der Waals surface area contributed by atoms with E-state index in [1.54, 1.807) is 0 Å². The van der Waals surface area contributed by atoms with Crippen molar-refractivity contribution in [2.75, 3.05) is 6.61 Å². The maximum absolute atomic E-state index is 13.6. The van der Waals surface area contributed by atoms with E-state index in [2.05, 4.69) is 0 Å². The fourth-order valence-corrected chi connectivity index (χ4v) is 2.03. The van der Waals surface area contributed by atoms with Crippen LogP contribution in [-0.2, 0) is 9.53 Å². The van der Waals surface area contributed by atoms with E-state index in [1.807, 2.05) is 31.2 Å². The molecule has 0 aromatic heterocycles. The normalized spacial score (nSPS) is 11.8. The molecule has 0 N–H and O–H groups in total. The fourth-order valence-electron chi connectivity index (χ4n) is 2.03. The number of rotatable bonds is 6. The van der Waals surface area contributed by atoms with Crippen molar-refractivity contribution in [1.82, 2.24) is 0 Å².